The van der Waals surface area contributed by atoms with E-state index in [-0.39, 0.29) is 5.91 Å². The average molecular weight is 346 g/mol. The Bertz CT molecular complexity index is 533. The molecule has 23 heavy (non-hydrogen) atoms. The lowest BCUT2D eigenvalue weighted by Gasteiger charge is -2.40. The molecule has 2 unspecified atom stereocenters. The van der Waals surface area contributed by atoms with Crippen molar-refractivity contribution in [2.75, 3.05) is 0 Å². The van der Waals surface area contributed by atoms with E-state index in [1.165, 1.54) is 10.6 Å². The second-order valence-electron chi connectivity index (χ2n) is 6.22. The van der Waals surface area contributed by atoms with Gasteiger partial charge in [0.2, 0.25) is 0 Å². The predicted octanol–water partition coefficient (Wildman–Crippen LogP) is 3.90. The molecule has 0 aromatic heterocycles. The summed E-state index contributed by atoms with van der Waals surface area (Å²) in [5.41, 5.74) is 0. The summed E-state index contributed by atoms with van der Waals surface area (Å²) in [5.74, 6) is 0.238. The van der Waals surface area contributed by atoms with Crippen LogP contribution in [0.4, 0.5) is 0 Å². The van der Waals surface area contributed by atoms with Gasteiger partial charge in [0.25, 0.3) is 0 Å². The van der Waals surface area contributed by atoms with Crippen LogP contribution in [0, 0.1) is 0 Å². The molecule has 0 aliphatic carbocycles. The monoisotopic (exact) mass is 346 g/mol. The van der Waals surface area contributed by atoms with Crippen molar-refractivity contribution in [2.45, 2.75) is 45.7 Å². The summed E-state index contributed by atoms with van der Waals surface area (Å²) in [7, 11) is 2.41. The van der Waals surface area contributed by atoms with E-state index < -0.39 is 8.07 Å². The highest BCUT2D eigenvalue weighted by atomic mass is 31.1. The standard InChI is InChI=1S/C19H28N2P2/c1-15(2)20-19(22)21(16(3)4)23(17-11-7-5-8-12-17)18-13-9-6-10-14-18/h5-16,19-20H,22H2,1-4H3. The highest BCUT2D eigenvalue weighted by molar-refractivity contribution is 7.71. The van der Waals surface area contributed by atoms with Crippen LogP contribution in [0.5, 0.6) is 0 Å². The molecule has 2 rings (SSSR count). The zero-order chi connectivity index (χ0) is 16.8. The van der Waals surface area contributed by atoms with Crippen molar-refractivity contribution < 1.29 is 0 Å². The third kappa shape index (κ3) is 5.10. The average Bonchev–Trinajstić information content (AvgIpc) is 2.53. The van der Waals surface area contributed by atoms with E-state index in [4.69, 9.17) is 0 Å². The normalized spacial score (nSPS) is 13.3. The topological polar surface area (TPSA) is 15.3 Å². The summed E-state index contributed by atoms with van der Waals surface area (Å²) in [6, 6.07) is 22.6. The van der Waals surface area contributed by atoms with E-state index in [1.54, 1.807) is 0 Å². The maximum atomic E-state index is 3.65. The van der Waals surface area contributed by atoms with Gasteiger partial charge in [0.05, 0.1) is 5.91 Å². The molecule has 0 bridgehead atoms. The minimum Gasteiger partial charge on any atom is -0.296 e. The van der Waals surface area contributed by atoms with Gasteiger partial charge in [-0.25, -0.2) is 0 Å². The Morgan fingerprint density at radius 1 is 0.826 bits per heavy atom. The summed E-state index contributed by atoms with van der Waals surface area (Å²) in [4.78, 5) is 0. The summed E-state index contributed by atoms with van der Waals surface area (Å²) in [5, 5.41) is 6.43. The fourth-order valence-electron chi connectivity index (χ4n) is 2.65. The van der Waals surface area contributed by atoms with Crippen molar-refractivity contribution in [1.82, 2.24) is 9.99 Å². The van der Waals surface area contributed by atoms with E-state index in [9.17, 15) is 0 Å². The number of nitrogens with zero attached hydrogens (tertiary/aromatic N) is 1. The first kappa shape index (κ1) is 18.6. The summed E-state index contributed by atoms with van der Waals surface area (Å²) < 4.78 is 2.59. The Balaban J connectivity index is 2.46. The van der Waals surface area contributed by atoms with E-state index in [0.29, 0.717) is 12.1 Å². The van der Waals surface area contributed by atoms with E-state index in [1.807, 2.05) is 0 Å². The molecular formula is C19H28N2P2. The zero-order valence-electron chi connectivity index (χ0n) is 14.5. The molecule has 0 fully saturated rings. The van der Waals surface area contributed by atoms with Gasteiger partial charge in [-0.1, -0.05) is 60.7 Å². The number of nitrogens with one attached hydrogen (secondary N) is 1. The van der Waals surface area contributed by atoms with Gasteiger partial charge >= 0.3 is 0 Å². The Kier molecular flexibility index (Phi) is 7.18. The SMILES string of the molecule is CC(C)NC(P)N(C(C)C)P(c1ccccc1)c1ccccc1. The van der Waals surface area contributed by atoms with Crippen LogP contribution in [-0.4, -0.2) is 22.7 Å². The molecule has 0 saturated heterocycles. The molecule has 2 nitrogen and oxygen atoms in total. The van der Waals surface area contributed by atoms with Crippen LogP contribution in [0.3, 0.4) is 0 Å². The van der Waals surface area contributed by atoms with Gasteiger partial charge in [0, 0.05) is 20.2 Å². The highest BCUT2D eigenvalue weighted by Crippen LogP contribution is 2.42. The van der Waals surface area contributed by atoms with Crippen LogP contribution in [0.15, 0.2) is 60.7 Å². The van der Waals surface area contributed by atoms with Crippen molar-refractivity contribution in [1.29, 1.82) is 0 Å². The van der Waals surface area contributed by atoms with Gasteiger partial charge in [-0.15, -0.1) is 9.24 Å². The van der Waals surface area contributed by atoms with Crippen molar-refractivity contribution in [3.05, 3.63) is 60.7 Å². The molecule has 0 aliphatic rings. The van der Waals surface area contributed by atoms with Gasteiger partial charge in [0.1, 0.15) is 0 Å². The van der Waals surface area contributed by atoms with Crippen LogP contribution in [0.25, 0.3) is 0 Å². The van der Waals surface area contributed by atoms with Gasteiger partial charge in [0.15, 0.2) is 0 Å². The molecule has 4 heteroatoms. The van der Waals surface area contributed by atoms with Crippen molar-refractivity contribution in [2.24, 2.45) is 0 Å². The van der Waals surface area contributed by atoms with Crippen molar-refractivity contribution >= 4 is 27.9 Å². The lowest BCUT2D eigenvalue weighted by molar-refractivity contribution is 0.313. The third-order valence-electron chi connectivity index (χ3n) is 3.55. The van der Waals surface area contributed by atoms with Gasteiger partial charge in [-0.05, 0) is 38.3 Å². The zero-order valence-corrected chi connectivity index (χ0v) is 16.5. The first-order valence-corrected chi connectivity index (χ1v) is 10.2. The molecule has 2 aromatic rings. The van der Waals surface area contributed by atoms with Gasteiger partial charge in [-0.2, -0.15) is 0 Å². The largest absolute Gasteiger partial charge is 0.296 e. The molecule has 0 aliphatic heterocycles. The second kappa shape index (κ2) is 8.90. The lowest BCUT2D eigenvalue weighted by Crippen LogP contribution is -2.47. The fourth-order valence-corrected chi connectivity index (χ4v) is 6.30. The molecule has 0 spiro atoms. The lowest BCUT2D eigenvalue weighted by atomic mass is 10.4. The minimum atomic E-state index is -0.574. The molecule has 0 saturated carbocycles. The quantitative estimate of drug-likeness (QED) is 0.604. The Hall–Kier alpha value is -0.780. The Morgan fingerprint density at radius 2 is 1.26 bits per heavy atom. The first-order valence-electron chi connectivity index (χ1n) is 8.21. The summed E-state index contributed by atoms with van der Waals surface area (Å²) in [6.07, 6.45) is 0. The second-order valence-corrected chi connectivity index (χ2v) is 8.97. The number of hydrogen-bond donors (Lipinski definition) is 1. The molecule has 0 amide bonds. The molecule has 0 heterocycles. The molecule has 1 N–H and O–H groups in total. The number of hydrogen-bond acceptors (Lipinski definition) is 2. The van der Waals surface area contributed by atoms with Gasteiger partial charge in [-0.3, -0.25) is 9.99 Å². The molecule has 2 atom stereocenters. The summed E-state index contributed by atoms with van der Waals surface area (Å²) >= 11 is 0. The number of benzene rings is 2. The van der Waals surface area contributed by atoms with Crippen LogP contribution in [0.2, 0.25) is 0 Å². The van der Waals surface area contributed by atoms with Crippen LogP contribution in [-0.2, 0) is 0 Å². The summed E-state index contributed by atoms with van der Waals surface area (Å²) in [6.45, 7) is 8.95. The molecule has 0 radical (unpaired) electrons. The van der Waals surface area contributed by atoms with E-state index >= 15 is 0 Å². The maximum absolute atomic E-state index is 3.65. The minimum absolute atomic E-state index is 0.238. The molecule has 124 valence electrons. The van der Waals surface area contributed by atoms with E-state index in [2.05, 4.69) is 108 Å². The van der Waals surface area contributed by atoms with Crippen molar-refractivity contribution in [3.8, 4) is 0 Å². The fraction of sp³-hybridized carbons (Fsp3) is 0.368. The molecular weight excluding hydrogens is 318 g/mol. The van der Waals surface area contributed by atoms with Gasteiger partial charge < -0.3 is 0 Å². The van der Waals surface area contributed by atoms with Crippen LogP contribution < -0.4 is 15.9 Å². The third-order valence-corrected chi connectivity index (χ3v) is 7.06. The van der Waals surface area contributed by atoms with E-state index in [0.717, 1.165) is 0 Å². The molecule has 2 aromatic carbocycles. The van der Waals surface area contributed by atoms with Crippen molar-refractivity contribution in [3.63, 3.8) is 0 Å². The Morgan fingerprint density at radius 3 is 1.61 bits per heavy atom. The smallest absolute Gasteiger partial charge is 0.0782 e. The highest BCUT2D eigenvalue weighted by Gasteiger charge is 2.29. The van der Waals surface area contributed by atoms with Crippen LogP contribution >= 0.6 is 17.3 Å². The Labute approximate surface area is 144 Å². The first-order chi connectivity index (χ1) is 11.0. The predicted molar refractivity (Wildman–Crippen MR) is 108 cm³/mol. The van der Waals surface area contributed by atoms with Crippen LogP contribution in [0.1, 0.15) is 27.7 Å². The maximum Gasteiger partial charge on any atom is 0.0782 e. The number of rotatable bonds is 7.